The Morgan fingerprint density at radius 2 is 2.06 bits per heavy atom. The van der Waals surface area contributed by atoms with Crippen molar-refractivity contribution in [2.24, 2.45) is 0 Å². The number of benzene rings is 1. The molecule has 90 valence electrons. The number of aryl methyl sites for hydroxylation is 1. The van der Waals surface area contributed by atoms with Crippen molar-refractivity contribution in [1.29, 1.82) is 0 Å². The maximum atomic E-state index is 5.94. The van der Waals surface area contributed by atoms with Gasteiger partial charge in [0, 0.05) is 13.6 Å². The van der Waals surface area contributed by atoms with Gasteiger partial charge in [0.2, 0.25) is 0 Å². The summed E-state index contributed by atoms with van der Waals surface area (Å²) in [5.74, 6) is 0. The van der Waals surface area contributed by atoms with Crippen LogP contribution in [0.1, 0.15) is 19.4 Å². The Morgan fingerprint density at radius 3 is 2.69 bits per heavy atom. The highest BCUT2D eigenvalue weighted by molar-refractivity contribution is 5.68. The van der Waals surface area contributed by atoms with Gasteiger partial charge < -0.3 is 15.4 Å². The Morgan fingerprint density at radius 1 is 1.38 bits per heavy atom. The summed E-state index contributed by atoms with van der Waals surface area (Å²) in [7, 11) is 2.04. The van der Waals surface area contributed by atoms with Crippen molar-refractivity contribution in [3.05, 3.63) is 23.8 Å². The van der Waals surface area contributed by atoms with E-state index in [1.54, 1.807) is 0 Å². The molecule has 0 aliphatic rings. The minimum Gasteiger partial charge on any atom is -0.397 e. The zero-order valence-corrected chi connectivity index (χ0v) is 10.7. The first-order valence-electron chi connectivity index (χ1n) is 5.69. The number of nitrogen functional groups attached to an aromatic ring is 1. The summed E-state index contributed by atoms with van der Waals surface area (Å²) in [6, 6.07) is 6.08. The van der Waals surface area contributed by atoms with E-state index in [9.17, 15) is 0 Å². The summed E-state index contributed by atoms with van der Waals surface area (Å²) in [6.45, 7) is 7.73. The van der Waals surface area contributed by atoms with Gasteiger partial charge in [-0.2, -0.15) is 0 Å². The molecule has 0 radical (unpaired) electrons. The first kappa shape index (κ1) is 12.8. The number of ether oxygens (including phenoxy) is 1. The molecule has 3 heteroatoms. The Balaban J connectivity index is 2.58. The van der Waals surface area contributed by atoms with Gasteiger partial charge in [-0.05, 0) is 38.5 Å². The summed E-state index contributed by atoms with van der Waals surface area (Å²) in [5.41, 5.74) is 9.06. The molecule has 1 aromatic carbocycles. The molecule has 1 rings (SSSR count). The van der Waals surface area contributed by atoms with Gasteiger partial charge in [0.05, 0.1) is 24.1 Å². The van der Waals surface area contributed by atoms with Gasteiger partial charge in [-0.25, -0.2) is 0 Å². The monoisotopic (exact) mass is 222 g/mol. The van der Waals surface area contributed by atoms with Crippen LogP contribution in [-0.4, -0.2) is 26.3 Å². The Bertz CT molecular complexity index is 337. The highest BCUT2D eigenvalue weighted by Crippen LogP contribution is 2.22. The maximum absolute atomic E-state index is 5.94. The van der Waals surface area contributed by atoms with Gasteiger partial charge in [0.1, 0.15) is 0 Å². The van der Waals surface area contributed by atoms with E-state index in [1.165, 1.54) is 5.56 Å². The molecular formula is C13H22N2O. The van der Waals surface area contributed by atoms with Crippen LogP contribution in [0.3, 0.4) is 0 Å². The Kier molecular flexibility index (Phi) is 4.62. The van der Waals surface area contributed by atoms with Crippen molar-refractivity contribution in [2.45, 2.75) is 26.9 Å². The lowest BCUT2D eigenvalue weighted by atomic mass is 10.2. The van der Waals surface area contributed by atoms with Crippen LogP contribution in [0.5, 0.6) is 0 Å². The Hall–Kier alpha value is -1.22. The molecule has 0 aliphatic carbocycles. The lowest BCUT2D eigenvalue weighted by molar-refractivity contribution is 0.0846. The molecule has 0 bridgehead atoms. The molecule has 0 aromatic heterocycles. The molecule has 0 saturated carbocycles. The maximum Gasteiger partial charge on any atom is 0.0644 e. The fraction of sp³-hybridized carbons (Fsp3) is 0.538. The molecule has 3 nitrogen and oxygen atoms in total. The highest BCUT2D eigenvalue weighted by atomic mass is 16.5. The van der Waals surface area contributed by atoms with Gasteiger partial charge in [0.25, 0.3) is 0 Å². The third-order valence-electron chi connectivity index (χ3n) is 2.48. The number of nitrogens with zero attached hydrogens (tertiary/aromatic N) is 1. The number of hydrogen-bond donors (Lipinski definition) is 1. The average Bonchev–Trinajstić information content (AvgIpc) is 2.21. The minimum atomic E-state index is 0.281. The summed E-state index contributed by atoms with van der Waals surface area (Å²) in [5, 5.41) is 0. The van der Waals surface area contributed by atoms with Crippen LogP contribution in [0.15, 0.2) is 18.2 Å². The van der Waals surface area contributed by atoms with Gasteiger partial charge in [-0.1, -0.05) is 6.07 Å². The van der Waals surface area contributed by atoms with Crippen molar-refractivity contribution in [1.82, 2.24) is 0 Å². The van der Waals surface area contributed by atoms with E-state index in [1.807, 2.05) is 33.0 Å². The number of rotatable bonds is 5. The fourth-order valence-corrected chi connectivity index (χ4v) is 1.53. The predicted octanol–water partition coefficient (Wildman–Crippen LogP) is 2.44. The molecule has 0 spiro atoms. The van der Waals surface area contributed by atoms with E-state index in [0.29, 0.717) is 0 Å². The largest absolute Gasteiger partial charge is 0.397 e. The van der Waals surface area contributed by atoms with Crippen molar-refractivity contribution in [3.8, 4) is 0 Å². The van der Waals surface area contributed by atoms with Gasteiger partial charge >= 0.3 is 0 Å². The molecule has 16 heavy (non-hydrogen) atoms. The summed E-state index contributed by atoms with van der Waals surface area (Å²) in [4.78, 5) is 2.13. The second-order valence-corrected chi connectivity index (χ2v) is 4.40. The zero-order chi connectivity index (χ0) is 12.1. The lowest BCUT2D eigenvalue weighted by Crippen LogP contribution is -2.24. The third kappa shape index (κ3) is 3.74. The molecule has 0 fully saturated rings. The molecule has 2 N–H and O–H groups in total. The van der Waals surface area contributed by atoms with Crippen LogP contribution in [-0.2, 0) is 4.74 Å². The van der Waals surface area contributed by atoms with E-state index < -0.39 is 0 Å². The Labute approximate surface area is 98.2 Å². The quantitative estimate of drug-likeness (QED) is 0.778. The highest BCUT2D eigenvalue weighted by Gasteiger charge is 2.05. The first-order chi connectivity index (χ1) is 7.50. The second-order valence-electron chi connectivity index (χ2n) is 4.40. The van der Waals surface area contributed by atoms with E-state index >= 15 is 0 Å². The molecule has 1 aromatic rings. The SMILES string of the molecule is Cc1ccc(N)c(N(C)CCOC(C)C)c1. The fourth-order valence-electron chi connectivity index (χ4n) is 1.53. The molecule has 0 atom stereocenters. The summed E-state index contributed by atoms with van der Waals surface area (Å²) >= 11 is 0. The van der Waals surface area contributed by atoms with E-state index in [2.05, 4.69) is 17.9 Å². The van der Waals surface area contributed by atoms with Gasteiger partial charge in [-0.3, -0.25) is 0 Å². The van der Waals surface area contributed by atoms with Gasteiger partial charge in [0.15, 0.2) is 0 Å². The van der Waals surface area contributed by atoms with Crippen LogP contribution >= 0.6 is 0 Å². The van der Waals surface area contributed by atoms with Crippen LogP contribution in [0, 0.1) is 6.92 Å². The first-order valence-corrected chi connectivity index (χ1v) is 5.69. The van der Waals surface area contributed by atoms with Crippen molar-refractivity contribution in [2.75, 3.05) is 30.8 Å². The molecular weight excluding hydrogens is 200 g/mol. The topological polar surface area (TPSA) is 38.5 Å². The third-order valence-corrected chi connectivity index (χ3v) is 2.48. The van der Waals surface area contributed by atoms with E-state index in [-0.39, 0.29) is 6.10 Å². The van der Waals surface area contributed by atoms with E-state index in [0.717, 1.165) is 24.5 Å². The molecule has 0 amide bonds. The summed E-state index contributed by atoms with van der Waals surface area (Å²) < 4.78 is 5.52. The second kappa shape index (κ2) is 5.75. The van der Waals surface area contributed by atoms with Crippen LogP contribution in [0.4, 0.5) is 11.4 Å². The molecule has 0 heterocycles. The van der Waals surface area contributed by atoms with Crippen molar-refractivity contribution >= 4 is 11.4 Å². The number of anilines is 2. The average molecular weight is 222 g/mol. The minimum absolute atomic E-state index is 0.281. The molecule has 0 aliphatic heterocycles. The summed E-state index contributed by atoms with van der Waals surface area (Å²) in [6.07, 6.45) is 0.281. The number of nitrogens with two attached hydrogens (primary N) is 1. The smallest absolute Gasteiger partial charge is 0.0644 e. The number of hydrogen-bond acceptors (Lipinski definition) is 3. The van der Waals surface area contributed by atoms with E-state index in [4.69, 9.17) is 10.5 Å². The molecule has 0 unspecified atom stereocenters. The normalized spacial score (nSPS) is 10.8. The van der Waals surface area contributed by atoms with Crippen LogP contribution in [0.25, 0.3) is 0 Å². The van der Waals surface area contributed by atoms with Gasteiger partial charge in [-0.15, -0.1) is 0 Å². The number of likely N-dealkylation sites (N-methyl/N-ethyl adjacent to an activating group) is 1. The lowest BCUT2D eigenvalue weighted by Gasteiger charge is -2.22. The van der Waals surface area contributed by atoms with Crippen molar-refractivity contribution in [3.63, 3.8) is 0 Å². The van der Waals surface area contributed by atoms with Crippen LogP contribution in [0.2, 0.25) is 0 Å². The zero-order valence-electron chi connectivity index (χ0n) is 10.7. The van der Waals surface area contributed by atoms with Crippen molar-refractivity contribution < 1.29 is 4.74 Å². The standard InChI is InChI=1S/C13H22N2O/c1-10(2)16-8-7-15(4)13-9-11(3)5-6-12(13)14/h5-6,9-10H,7-8,14H2,1-4H3. The van der Waals surface area contributed by atoms with Crippen LogP contribution < -0.4 is 10.6 Å². The molecule has 0 saturated heterocycles. The predicted molar refractivity (Wildman–Crippen MR) is 69.9 cm³/mol.